The third kappa shape index (κ3) is 4.28. The summed E-state index contributed by atoms with van der Waals surface area (Å²) in [7, 11) is -3.93. The number of halogens is 1. The van der Waals surface area contributed by atoms with E-state index in [0.29, 0.717) is 24.1 Å². The number of piperidine rings is 1. The molecule has 0 unspecified atom stereocenters. The van der Waals surface area contributed by atoms with Gasteiger partial charge in [0.2, 0.25) is 15.9 Å². The van der Waals surface area contributed by atoms with Crippen molar-refractivity contribution in [2.45, 2.75) is 24.7 Å². The number of nitrogens with one attached hydrogen (secondary N) is 1. The lowest BCUT2D eigenvalue weighted by Crippen LogP contribution is -2.41. The number of nitrogens with zero attached hydrogens (tertiary/aromatic N) is 1. The molecule has 3 rings (SSSR count). The second-order valence-electron chi connectivity index (χ2n) is 6.74. The summed E-state index contributed by atoms with van der Waals surface area (Å²) in [6.45, 7) is 1.73. The van der Waals surface area contributed by atoms with Crippen molar-refractivity contribution in [2.24, 2.45) is 5.92 Å². The van der Waals surface area contributed by atoms with Crippen molar-refractivity contribution in [3.8, 4) is 0 Å². The molecule has 2 aromatic rings. The maximum absolute atomic E-state index is 13.9. The van der Waals surface area contributed by atoms with Crippen LogP contribution in [0.1, 0.15) is 30.1 Å². The van der Waals surface area contributed by atoms with Gasteiger partial charge in [0.25, 0.3) is 0 Å². The molecule has 0 atom stereocenters. The third-order valence-electron chi connectivity index (χ3n) is 4.82. The molecule has 6 nitrogen and oxygen atoms in total. The van der Waals surface area contributed by atoms with Crippen LogP contribution >= 0.6 is 0 Å². The highest BCUT2D eigenvalue weighted by Gasteiger charge is 2.33. The number of amides is 1. The number of carbonyl (C=O) groups excluding carboxylic acids is 2. The number of ketones is 1. The van der Waals surface area contributed by atoms with Crippen LogP contribution < -0.4 is 5.32 Å². The van der Waals surface area contributed by atoms with Crippen LogP contribution in [0.15, 0.2) is 53.4 Å². The van der Waals surface area contributed by atoms with E-state index in [0.717, 1.165) is 6.07 Å². The van der Waals surface area contributed by atoms with Crippen LogP contribution in [0.25, 0.3) is 0 Å². The van der Waals surface area contributed by atoms with Gasteiger partial charge >= 0.3 is 0 Å². The first-order valence-corrected chi connectivity index (χ1v) is 10.4. The topological polar surface area (TPSA) is 83.6 Å². The highest BCUT2D eigenvalue weighted by atomic mass is 32.2. The SMILES string of the molecule is CC(=O)c1cccc(NC(=O)C2CCN(S(=O)(=O)c3ccccc3F)CC2)c1. The molecule has 1 fully saturated rings. The van der Waals surface area contributed by atoms with Crippen LogP contribution in [-0.4, -0.2) is 37.5 Å². The fourth-order valence-electron chi connectivity index (χ4n) is 3.21. The van der Waals surface area contributed by atoms with E-state index in [1.54, 1.807) is 24.3 Å². The summed E-state index contributed by atoms with van der Waals surface area (Å²) in [6, 6.07) is 11.9. The fraction of sp³-hybridized carbons (Fsp3) is 0.300. The lowest BCUT2D eigenvalue weighted by molar-refractivity contribution is -0.120. The summed E-state index contributed by atoms with van der Waals surface area (Å²) < 4.78 is 40.4. The molecule has 1 heterocycles. The van der Waals surface area contributed by atoms with E-state index in [2.05, 4.69) is 5.32 Å². The standard InChI is InChI=1S/C20H21FN2O4S/c1-14(24)16-5-4-6-17(13-16)22-20(25)15-9-11-23(12-10-15)28(26,27)19-8-3-2-7-18(19)21/h2-8,13,15H,9-12H2,1H3,(H,22,25). The van der Waals surface area contributed by atoms with Gasteiger partial charge in [-0.25, -0.2) is 12.8 Å². The second kappa shape index (κ2) is 8.20. The Morgan fingerprint density at radius 2 is 1.75 bits per heavy atom. The van der Waals surface area contributed by atoms with Gasteiger partial charge < -0.3 is 5.32 Å². The van der Waals surface area contributed by atoms with E-state index < -0.39 is 15.8 Å². The molecule has 1 aliphatic rings. The van der Waals surface area contributed by atoms with E-state index in [1.807, 2.05) is 0 Å². The molecule has 1 N–H and O–H groups in total. The van der Waals surface area contributed by atoms with E-state index in [1.165, 1.54) is 29.4 Å². The van der Waals surface area contributed by atoms with Gasteiger partial charge in [-0.1, -0.05) is 24.3 Å². The summed E-state index contributed by atoms with van der Waals surface area (Å²) in [5.41, 5.74) is 1.03. The normalized spacial score (nSPS) is 15.9. The summed E-state index contributed by atoms with van der Waals surface area (Å²) in [6.07, 6.45) is 0.678. The van der Waals surface area contributed by atoms with Gasteiger partial charge in [0, 0.05) is 30.3 Å². The molecule has 0 aromatic heterocycles. The Kier molecular flexibility index (Phi) is 5.90. The lowest BCUT2D eigenvalue weighted by atomic mass is 9.97. The van der Waals surface area contributed by atoms with Crippen molar-refractivity contribution < 1.29 is 22.4 Å². The van der Waals surface area contributed by atoms with E-state index in [4.69, 9.17) is 0 Å². The highest BCUT2D eigenvalue weighted by molar-refractivity contribution is 7.89. The van der Waals surface area contributed by atoms with Gasteiger partial charge in [-0.3, -0.25) is 9.59 Å². The molecule has 148 valence electrons. The van der Waals surface area contributed by atoms with Crippen molar-refractivity contribution in [2.75, 3.05) is 18.4 Å². The molecule has 2 aromatic carbocycles. The molecule has 1 amide bonds. The van der Waals surface area contributed by atoms with Gasteiger partial charge in [-0.05, 0) is 44.0 Å². The zero-order valence-electron chi connectivity index (χ0n) is 15.4. The molecule has 0 aliphatic carbocycles. The first-order valence-electron chi connectivity index (χ1n) is 8.95. The number of rotatable bonds is 5. The number of hydrogen-bond donors (Lipinski definition) is 1. The third-order valence-corrected chi connectivity index (χ3v) is 6.75. The van der Waals surface area contributed by atoms with Crippen LogP contribution in [0.4, 0.5) is 10.1 Å². The minimum Gasteiger partial charge on any atom is -0.326 e. The molecule has 1 aliphatic heterocycles. The number of anilines is 1. The second-order valence-corrected chi connectivity index (χ2v) is 8.64. The monoisotopic (exact) mass is 404 g/mol. The zero-order valence-corrected chi connectivity index (χ0v) is 16.2. The van der Waals surface area contributed by atoms with Crippen molar-refractivity contribution in [3.05, 3.63) is 59.9 Å². The van der Waals surface area contributed by atoms with Crippen LogP contribution in [0.3, 0.4) is 0 Å². The van der Waals surface area contributed by atoms with Crippen molar-refractivity contribution in [1.29, 1.82) is 0 Å². The Balaban J connectivity index is 1.64. The molecule has 0 saturated carbocycles. The van der Waals surface area contributed by atoms with Crippen molar-refractivity contribution in [3.63, 3.8) is 0 Å². The van der Waals surface area contributed by atoms with Crippen LogP contribution in [-0.2, 0) is 14.8 Å². The van der Waals surface area contributed by atoms with Crippen LogP contribution in [0.5, 0.6) is 0 Å². The average Bonchev–Trinajstić information content (AvgIpc) is 2.68. The lowest BCUT2D eigenvalue weighted by Gasteiger charge is -2.30. The Labute approximate surface area is 163 Å². The molecule has 28 heavy (non-hydrogen) atoms. The predicted molar refractivity (Wildman–Crippen MR) is 103 cm³/mol. The number of sulfonamides is 1. The van der Waals surface area contributed by atoms with E-state index >= 15 is 0 Å². The maximum atomic E-state index is 13.9. The van der Waals surface area contributed by atoms with Crippen LogP contribution in [0.2, 0.25) is 0 Å². The Bertz CT molecular complexity index is 999. The maximum Gasteiger partial charge on any atom is 0.245 e. The predicted octanol–water partition coefficient (Wildman–Crippen LogP) is 3.07. The van der Waals surface area contributed by atoms with Gasteiger partial charge in [0.05, 0.1) is 0 Å². The number of carbonyl (C=O) groups is 2. The largest absolute Gasteiger partial charge is 0.326 e. The summed E-state index contributed by atoms with van der Waals surface area (Å²) in [5, 5.41) is 2.78. The van der Waals surface area contributed by atoms with Gasteiger partial charge in [-0.15, -0.1) is 0 Å². The Hall–Kier alpha value is -2.58. The molecule has 0 spiro atoms. The smallest absolute Gasteiger partial charge is 0.245 e. The Morgan fingerprint density at radius 3 is 2.39 bits per heavy atom. The first-order chi connectivity index (χ1) is 13.3. The number of Topliss-reactive ketones (excluding diaryl/α,β-unsaturated/α-hetero) is 1. The molecule has 0 radical (unpaired) electrons. The zero-order chi connectivity index (χ0) is 20.3. The van der Waals surface area contributed by atoms with Crippen molar-refractivity contribution >= 4 is 27.4 Å². The highest BCUT2D eigenvalue weighted by Crippen LogP contribution is 2.26. The molecule has 8 heteroatoms. The summed E-state index contributed by atoms with van der Waals surface area (Å²) in [5.74, 6) is -1.45. The minimum atomic E-state index is -3.93. The average molecular weight is 404 g/mol. The van der Waals surface area contributed by atoms with Gasteiger partial charge in [-0.2, -0.15) is 4.31 Å². The van der Waals surface area contributed by atoms with Gasteiger partial charge in [0.1, 0.15) is 10.7 Å². The number of hydrogen-bond acceptors (Lipinski definition) is 4. The molecular weight excluding hydrogens is 383 g/mol. The number of benzene rings is 2. The first kappa shape index (κ1) is 20.2. The summed E-state index contributed by atoms with van der Waals surface area (Å²) >= 11 is 0. The Morgan fingerprint density at radius 1 is 1.07 bits per heavy atom. The fourth-order valence-corrected chi connectivity index (χ4v) is 4.75. The van der Waals surface area contributed by atoms with E-state index in [-0.39, 0.29) is 35.6 Å². The molecule has 0 bridgehead atoms. The minimum absolute atomic E-state index is 0.0947. The molecular formula is C20H21FN2O4S. The molecule has 1 saturated heterocycles. The van der Waals surface area contributed by atoms with E-state index in [9.17, 15) is 22.4 Å². The van der Waals surface area contributed by atoms with Gasteiger partial charge in [0.15, 0.2) is 5.78 Å². The van der Waals surface area contributed by atoms with Crippen LogP contribution in [0, 0.1) is 11.7 Å². The summed E-state index contributed by atoms with van der Waals surface area (Å²) in [4.78, 5) is 23.6. The van der Waals surface area contributed by atoms with Crippen molar-refractivity contribution in [1.82, 2.24) is 4.31 Å². The quantitative estimate of drug-likeness (QED) is 0.777.